The number of amides is 2. The van der Waals surface area contributed by atoms with Gasteiger partial charge in [0.25, 0.3) is 11.8 Å². The molecule has 1 aromatic rings. The summed E-state index contributed by atoms with van der Waals surface area (Å²) in [5.41, 5.74) is 1.05. The molecule has 5 nitrogen and oxygen atoms in total. The third kappa shape index (κ3) is 6.70. The maximum absolute atomic E-state index is 10.1. The Bertz CT molecular complexity index is 555. The molecule has 0 unspecified atom stereocenters. The summed E-state index contributed by atoms with van der Waals surface area (Å²) in [4.78, 5) is 30.2. The van der Waals surface area contributed by atoms with E-state index in [9.17, 15) is 14.4 Å². The van der Waals surface area contributed by atoms with Gasteiger partial charge in [-0.25, -0.2) is 4.79 Å². The Hall–Kier alpha value is -2.95. The Morgan fingerprint density at radius 1 is 1.00 bits per heavy atom. The van der Waals surface area contributed by atoms with Gasteiger partial charge in [0, 0.05) is 18.2 Å². The summed E-state index contributed by atoms with van der Waals surface area (Å²) in [6, 6.07) is 9.70. The van der Waals surface area contributed by atoms with Gasteiger partial charge in [-0.05, 0) is 5.56 Å². The van der Waals surface area contributed by atoms with Gasteiger partial charge in [-0.15, -0.1) is 0 Å². The van der Waals surface area contributed by atoms with Gasteiger partial charge >= 0.3 is 5.97 Å². The van der Waals surface area contributed by atoms with Gasteiger partial charge in [-0.1, -0.05) is 48.6 Å². The quantitative estimate of drug-likeness (QED) is 0.496. The molecule has 1 aliphatic heterocycles. The van der Waals surface area contributed by atoms with Crippen molar-refractivity contribution in [3.05, 3.63) is 66.3 Å². The maximum Gasteiger partial charge on any atom is 0.328 e. The monoisotopic (exact) mass is 271 g/mol. The summed E-state index contributed by atoms with van der Waals surface area (Å²) >= 11 is 0. The van der Waals surface area contributed by atoms with Crippen LogP contribution in [-0.2, 0) is 14.4 Å². The van der Waals surface area contributed by atoms with Crippen molar-refractivity contribution < 1.29 is 19.5 Å². The highest BCUT2D eigenvalue weighted by molar-refractivity contribution is 6.12. The molecule has 2 N–H and O–H groups in total. The normalized spacial score (nSPS) is 13.4. The lowest BCUT2D eigenvalue weighted by Gasteiger charge is -1.87. The van der Waals surface area contributed by atoms with Crippen molar-refractivity contribution in [3.8, 4) is 0 Å². The highest BCUT2D eigenvalue weighted by atomic mass is 16.4. The second kappa shape index (κ2) is 8.20. The van der Waals surface area contributed by atoms with E-state index in [4.69, 9.17) is 5.11 Å². The molecule has 102 valence electrons. The Kier molecular flexibility index (Phi) is 6.20. The average Bonchev–Trinajstić information content (AvgIpc) is 2.80. The Labute approximate surface area is 115 Å². The Morgan fingerprint density at radius 3 is 2.05 bits per heavy atom. The molecule has 0 aliphatic carbocycles. The van der Waals surface area contributed by atoms with E-state index in [0.29, 0.717) is 0 Å². The van der Waals surface area contributed by atoms with E-state index in [0.717, 1.165) is 11.6 Å². The molecule has 0 radical (unpaired) electrons. The van der Waals surface area contributed by atoms with Gasteiger partial charge in [-0.2, -0.15) is 0 Å². The molecular formula is C15H13NO4. The number of hydrogen-bond acceptors (Lipinski definition) is 3. The molecule has 0 bridgehead atoms. The van der Waals surface area contributed by atoms with Gasteiger partial charge in [-0.3, -0.25) is 14.9 Å². The number of carbonyl (C=O) groups excluding carboxylic acids is 2. The van der Waals surface area contributed by atoms with Crippen LogP contribution in [0.25, 0.3) is 6.08 Å². The molecular weight excluding hydrogens is 258 g/mol. The van der Waals surface area contributed by atoms with Crippen LogP contribution in [0.3, 0.4) is 0 Å². The predicted octanol–water partition coefficient (Wildman–Crippen LogP) is 1.54. The topological polar surface area (TPSA) is 83.5 Å². The second-order valence-corrected chi connectivity index (χ2v) is 3.65. The van der Waals surface area contributed by atoms with Crippen LogP contribution >= 0.6 is 0 Å². The fraction of sp³-hybridized carbons (Fsp3) is 0. The second-order valence-electron chi connectivity index (χ2n) is 3.65. The van der Waals surface area contributed by atoms with Crippen LogP contribution in [-0.4, -0.2) is 22.9 Å². The number of benzene rings is 1. The van der Waals surface area contributed by atoms with E-state index >= 15 is 0 Å². The van der Waals surface area contributed by atoms with E-state index in [1.54, 1.807) is 6.08 Å². The van der Waals surface area contributed by atoms with Gasteiger partial charge in [0.1, 0.15) is 0 Å². The fourth-order valence-electron chi connectivity index (χ4n) is 1.22. The molecule has 2 amide bonds. The Morgan fingerprint density at radius 2 is 1.60 bits per heavy atom. The molecule has 1 heterocycles. The van der Waals surface area contributed by atoms with Gasteiger partial charge in [0.15, 0.2) is 0 Å². The number of nitrogens with one attached hydrogen (secondary N) is 1. The molecule has 0 atom stereocenters. The van der Waals surface area contributed by atoms with Crippen LogP contribution in [0, 0.1) is 0 Å². The predicted molar refractivity (Wildman–Crippen MR) is 74.5 cm³/mol. The van der Waals surface area contributed by atoms with Crippen LogP contribution in [0.15, 0.2) is 60.7 Å². The summed E-state index contributed by atoms with van der Waals surface area (Å²) in [7, 11) is 0. The number of allylic oxidation sites excluding steroid dienone is 2. The lowest BCUT2D eigenvalue weighted by Crippen LogP contribution is -2.19. The zero-order valence-electron chi connectivity index (χ0n) is 10.5. The van der Waals surface area contributed by atoms with Crippen molar-refractivity contribution in [1.29, 1.82) is 0 Å². The third-order valence-electron chi connectivity index (χ3n) is 2.07. The number of imide groups is 1. The highest BCUT2D eigenvalue weighted by Crippen LogP contribution is 2.00. The molecule has 5 heteroatoms. The van der Waals surface area contributed by atoms with E-state index in [-0.39, 0.29) is 11.8 Å². The van der Waals surface area contributed by atoms with Gasteiger partial charge < -0.3 is 5.11 Å². The lowest BCUT2D eigenvalue weighted by molar-refractivity contribution is -0.131. The molecule has 20 heavy (non-hydrogen) atoms. The molecule has 1 aromatic carbocycles. The Balaban J connectivity index is 0.000000240. The van der Waals surface area contributed by atoms with Crippen LogP contribution in [0.1, 0.15) is 5.56 Å². The molecule has 0 saturated heterocycles. The number of rotatable bonds is 3. The van der Waals surface area contributed by atoms with Crippen molar-refractivity contribution in [2.75, 3.05) is 0 Å². The first-order valence-electron chi connectivity index (χ1n) is 5.73. The zero-order valence-corrected chi connectivity index (χ0v) is 10.5. The SMILES string of the molecule is O=C(O)C=CC=Cc1ccccc1.O=C1C=CC(=O)N1. The molecule has 0 saturated carbocycles. The first kappa shape index (κ1) is 15.1. The molecule has 0 fully saturated rings. The smallest absolute Gasteiger partial charge is 0.328 e. The minimum absolute atomic E-state index is 0.329. The van der Waals surface area contributed by atoms with Gasteiger partial charge in [0.05, 0.1) is 0 Å². The molecule has 0 spiro atoms. The maximum atomic E-state index is 10.1. The van der Waals surface area contributed by atoms with E-state index in [1.165, 1.54) is 18.2 Å². The summed E-state index contributed by atoms with van der Waals surface area (Å²) in [5.74, 6) is -1.59. The largest absolute Gasteiger partial charge is 0.478 e. The number of aliphatic carboxylic acids is 1. The van der Waals surface area contributed by atoms with Crippen molar-refractivity contribution in [2.24, 2.45) is 0 Å². The van der Waals surface area contributed by atoms with Crippen molar-refractivity contribution in [3.63, 3.8) is 0 Å². The van der Waals surface area contributed by atoms with Crippen molar-refractivity contribution >= 4 is 23.9 Å². The molecule has 0 aromatic heterocycles. The highest BCUT2D eigenvalue weighted by Gasteiger charge is 2.06. The summed E-state index contributed by atoms with van der Waals surface area (Å²) in [6.07, 6.45) is 8.53. The zero-order chi connectivity index (χ0) is 14.8. The van der Waals surface area contributed by atoms with Crippen LogP contribution in [0.2, 0.25) is 0 Å². The standard InChI is InChI=1S/C11H10O2.C4H3NO2/c12-11(13)9-5-4-8-10-6-2-1-3-7-10;6-3-1-2-4(7)5-3/h1-9H,(H,12,13);1-2H,(H,5,6,7). The minimum Gasteiger partial charge on any atom is -0.478 e. The molecule has 1 aliphatic rings. The summed E-state index contributed by atoms with van der Waals surface area (Å²) in [6.45, 7) is 0. The number of hydrogen-bond donors (Lipinski definition) is 2. The fourth-order valence-corrected chi connectivity index (χ4v) is 1.22. The van der Waals surface area contributed by atoms with Crippen molar-refractivity contribution in [1.82, 2.24) is 5.32 Å². The molecule has 2 rings (SSSR count). The first-order chi connectivity index (χ1) is 9.58. The van der Waals surface area contributed by atoms with E-state index in [2.05, 4.69) is 0 Å². The number of carboxylic acids is 1. The van der Waals surface area contributed by atoms with Crippen LogP contribution in [0.4, 0.5) is 0 Å². The summed E-state index contributed by atoms with van der Waals surface area (Å²) in [5, 5.41) is 10.3. The average molecular weight is 271 g/mol. The van der Waals surface area contributed by atoms with E-state index < -0.39 is 5.97 Å². The first-order valence-corrected chi connectivity index (χ1v) is 5.73. The van der Waals surface area contributed by atoms with Gasteiger partial charge in [0.2, 0.25) is 0 Å². The summed E-state index contributed by atoms with van der Waals surface area (Å²) < 4.78 is 0. The lowest BCUT2D eigenvalue weighted by atomic mass is 10.2. The third-order valence-corrected chi connectivity index (χ3v) is 2.07. The number of carboxylic acid groups (broad SMARTS) is 1. The van der Waals surface area contributed by atoms with Crippen LogP contribution < -0.4 is 5.32 Å². The number of carbonyl (C=O) groups is 3. The van der Waals surface area contributed by atoms with Crippen molar-refractivity contribution in [2.45, 2.75) is 0 Å². The van der Waals surface area contributed by atoms with E-state index in [1.807, 2.05) is 41.7 Å². The minimum atomic E-state index is -0.933. The van der Waals surface area contributed by atoms with Crippen LogP contribution in [0.5, 0.6) is 0 Å².